The summed E-state index contributed by atoms with van der Waals surface area (Å²) in [7, 11) is 0. The van der Waals surface area contributed by atoms with E-state index in [2.05, 4.69) is 19.5 Å². The van der Waals surface area contributed by atoms with Gasteiger partial charge in [0.15, 0.2) is 5.52 Å². The third-order valence-electron chi connectivity index (χ3n) is 5.96. The van der Waals surface area contributed by atoms with Gasteiger partial charge in [0.1, 0.15) is 5.65 Å². The second-order valence-electron chi connectivity index (χ2n) is 7.36. The average Bonchev–Trinajstić information content (AvgIpc) is 2.81. The van der Waals surface area contributed by atoms with Crippen molar-refractivity contribution >= 4 is 11.2 Å². The van der Waals surface area contributed by atoms with Crippen LogP contribution in [-0.4, -0.2) is 19.5 Å². The van der Waals surface area contributed by atoms with Crippen molar-refractivity contribution in [1.29, 1.82) is 0 Å². The molecular weight excluding hydrogens is 268 g/mol. The third kappa shape index (κ3) is 1.50. The maximum atomic E-state index is 11.9. The van der Waals surface area contributed by atoms with E-state index in [9.17, 15) is 9.59 Å². The van der Waals surface area contributed by atoms with Crippen LogP contribution in [0.1, 0.15) is 38.5 Å². The van der Waals surface area contributed by atoms with E-state index in [0.717, 1.165) is 17.8 Å². The number of fused-ring (bicyclic) bond motifs is 1. The van der Waals surface area contributed by atoms with Gasteiger partial charge in [0.05, 0.1) is 6.33 Å². The lowest BCUT2D eigenvalue weighted by atomic mass is 9.53. The van der Waals surface area contributed by atoms with Gasteiger partial charge in [-0.05, 0) is 56.3 Å². The maximum absolute atomic E-state index is 11.9. The molecule has 0 aromatic carbocycles. The van der Waals surface area contributed by atoms with Crippen LogP contribution in [0.5, 0.6) is 0 Å². The van der Waals surface area contributed by atoms with Gasteiger partial charge < -0.3 is 4.57 Å². The van der Waals surface area contributed by atoms with Gasteiger partial charge in [0.2, 0.25) is 0 Å². The predicted octanol–water partition coefficient (Wildman–Crippen LogP) is 1.34. The molecular formula is C15H18N4O2. The summed E-state index contributed by atoms with van der Waals surface area (Å²) in [6, 6.07) is 0. The molecule has 21 heavy (non-hydrogen) atoms. The summed E-state index contributed by atoms with van der Waals surface area (Å²) in [5.41, 5.74) is 0.188. The van der Waals surface area contributed by atoms with Crippen LogP contribution in [0.2, 0.25) is 0 Å². The number of H-pyrrole nitrogens is 2. The Morgan fingerprint density at radius 1 is 1.05 bits per heavy atom. The third-order valence-corrected chi connectivity index (χ3v) is 5.96. The van der Waals surface area contributed by atoms with Crippen LogP contribution in [0, 0.1) is 17.8 Å². The van der Waals surface area contributed by atoms with E-state index in [-0.39, 0.29) is 5.54 Å². The molecule has 110 valence electrons. The van der Waals surface area contributed by atoms with Crippen molar-refractivity contribution < 1.29 is 0 Å². The highest BCUT2D eigenvalue weighted by atomic mass is 16.2. The summed E-state index contributed by atoms with van der Waals surface area (Å²) in [5, 5.41) is 0. The molecule has 4 fully saturated rings. The number of imidazole rings is 1. The van der Waals surface area contributed by atoms with Gasteiger partial charge >= 0.3 is 5.69 Å². The summed E-state index contributed by atoms with van der Waals surface area (Å²) in [6.07, 6.45) is 9.36. The van der Waals surface area contributed by atoms with Gasteiger partial charge in [0, 0.05) is 5.54 Å². The molecule has 4 aliphatic rings. The van der Waals surface area contributed by atoms with Crippen LogP contribution in [0.3, 0.4) is 0 Å². The van der Waals surface area contributed by atoms with Crippen molar-refractivity contribution in [2.24, 2.45) is 17.8 Å². The zero-order valence-electron chi connectivity index (χ0n) is 11.8. The summed E-state index contributed by atoms with van der Waals surface area (Å²) in [6.45, 7) is 0. The highest BCUT2D eigenvalue weighted by molar-refractivity contribution is 5.69. The topological polar surface area (TPSA) is 83.5 Å². The van der Waals surface area contributed by atoms with E-state index < -0.39 is 11.2 Å². The van der Waals surface area contributed by atoms with Gasteiger partial charge in [-0.15, -0.1) is 0 Å². The van der Waals surface area contributed by atoms with E-state index in [1.165, 1.54) is 38.5 Å². The van der Waals surface area contributed by atoms with Crippen LogP contribution >= 0.6 is 0 Å². The standard InChI is InChI=1S/C15H18N4O2/c20-13-11-12(17-14(21)18-13)19(7-16-11)15-4-8-1-9(5-15)3-10(2-8)6-15/h7-10H,1-6H2,(H2,17,18,20,21). The summed E-state index contributed by atoms with van der Waals surface area (Å²) < 4.78 is 2.11. The summed E-state index contributed by atoms with van der Waals surface area (Å²) in [5.74, 6) is 2.42. The first-order valence-electron chi connectivity index (χ1n) is 7.83. The molecule has 0 spiro atoms. The molecule has 2 N–H and O–H groups in total. The molecule has 4 aliphatic carbocycles. The largest absolute Gasteiger partial charge is 0.327 e. The number of hydrogen-bond donors (Lipinski definition) is 2. The number of nitrogens with one attached hydrogen (secondary N) is 2. The molecule has 4 bridgehead atoms. The SMILES string of the molecule is O=c1[nH]c(=O)c2ncn(C34CC5CC(CC(C5)C3)C4)c2[nH]1. The second kappa shape index (κ2) is 3.67. The van der Waals surface area contributed by atoms with Gasteiger partial charge in [-0.25, -0.2) is 9.78 Å². The van der Waals surface area contributed by atoms with Gasteiger partial charge in [-0.3, -0.25) is 14.8 Å². The Morgan fingerprint density at radius 3 is 2.29 bits per heavy atom. The highest BCUT2D eigenvalue weighted by Crippen LogP contribution is 2.59. The number of aromatic nitrogens is 4. The predicted molar refractivity (Wildman–Crippen MR) is 77.1 cm³/mol. The van der Waals surface area contributed by atoms with Crippen LogP contribution in [0.15, 0.2) is 15.9 Å². The first-order chi connectivity index (χ1) is 10.1. The van der Waals surface area contributed by atoms with Crippen molar-refractivity contribution in [3.8, 4) is 0 Å². The van der Waals surface area contributed by atoms with Crippen molar-refractivity contribution in [1.82, 2.24) is 19.5 Å². The first kappa shape index (κ1) is 11.8. The molecule has 2 aromatic heterocycles. The smallest absolute Gasteiger partial charge is 0.310 e. The van der Waals surface area contributed by atoms with Crippen molar-refractivity contribution in [3.63, 3.8) is 0 Å². The first-order valence-corrected chi connectivity index (χ1v) is 7.83. The van der Waals surface area contributed by atoms with Gasteiger partial charge in [0.25, 0.3) is 5.56 Å². The fourth-order valence-corrected chi connectivity index (χ4v) is 5.65. The molecule has 0 atom stereocenters. The van der Waals surface area contributed by atoms with Crippen LogP contribution < -0.4 is 11.2 Å². The maximum Gasteiger partial charge on any atom is 0.327 e. The fraction of sp³-hybridized carbons (Fsp3) is 0.667. The molecule has 2 heterocycles. The van der Waals surface area contributed by atoms with Crippen molar-refractivity contribution in [3.05, 3.63) is 27.2 Å². The van der Waals surface area contributed by atoms with Crippen molar-refractivity contribution in [2.45, 2.75) is 44.1 Å². The van der Waals surface area contributed by atoms with E-state index in [1.54, 1.807) is 6.33 Å². The molecule has 0 amide bonds. The quantitative estimate of drug-likeness (QED) is 0.829. The van der Waals surface area contributed by atoms with Crippen LogP contribution in [0.25, 0.3) is 11.2 Å². The van der Waals surface area contributed by atoms with Gasteiger partial charge in [-0.2, -0.15) is 0 Å². The Balaban J connectivity index is 1.74. The molecule has 6 nitrogen and oxygen atoms in total. The normalized spacial score (nSPS) is 37.4. The van der Waals surface area contributed by atoms with Gasteiger partial charge in [-0.1, -0.05) is 0 Å². The number of aromatic amines is 2. The molecule has 0 radical (unpaired) electrons. The van der Waals surface area contributed by atoms with E-state index in [0.29, 0.717) is 11.2 Å². The number of hydrogen-bond acceptors (Lipinski definition) is 3. The van der Waals surface area contributed by atoms with Crippen molar-refractivity contribution in [2.75, 3.05) is 0 Å². The summed E-state index contributed by atoms with van der Waals surface area (Å²) >= 11 is 0. The summed E-state index contributed by atoms with van der Waals surface area (Å²) in [4.78, 5) is 32.8. The second-order valence-corrected chi connectivity index (χ2v) is 7.36. The fourth-order valence-electron chi connectivity index (χ4n) is 5.65. The number of rotatable bonds is 1. The molecule has 0 unspecified atom stereocenters. The monoisotopic (exact) mass is 286 g/mol. The van der Waals surface area contributed by atoms with E-state index >= 15 is 0 Å². The lowest BCUT2D eigenvalue weighted by Crippen LogP contribution is -2.51. The van der Waals surface area contributed by atoms with E-state index in [1.807, 2.05) is 0 Å². The minimum absolute atomic E-state index is 0.0697. The Labute approximate surface area is 120 Å². The van der Waals surface area contributed by atoms with Crippen LogP contribution in [0.4, 0.5) is 0 Å². The molecule has 0 aliphatic heterocycles. The zero-order chi connectivity index (χ0) is 14.2. The Hall–Kier alpha value is -1.85. The molecule has 6 heteroatoms. The Morgan fingerprint density at radius 2 is 1.67 bits per heavy atom. The lowest BCUT2D eigenvalue weighted by Gasteiger charge is -2.57. The van der Waals surface area contributed by atoms with Crippen LogP contribution in [-0.2, 0) is 5.54 Å². The highest BCUT2D eigenvalue weighted by Gasteiger charge is 2.52. The molecule has 6 rings (SSSR count). The lowest BCUT2D eigenvalue weighted by molar-refractivity contribution is -0.0412. The van der Waals surface area contributed by atoms with E-state index in [4.69, 9.17) is 0 Å². The molecule has 4 saturated carbocycles. The average molecular weight is 286 g/mol. The number of nitrogens with zero attached hydrogens (tertiary/aromatic N) is 2. The zero-order valence-corrected chi connectivity index (χ0v) is 11.8. The molecule has 2 aromatic rings. The molecule has 0 saturated heterocycles. The Kier molecular flexibility index (Phi) is 2.06. The Bertz CT molecular complexity index is 808. The minimum atomic E-state index is -0.445. The minimum Gasteiger partial charge on any atom is -0.310 e.